The van der Waals surface area contributed by atoms with Gasteiger partial charge in [-0.05, 0) is 61.8 Å². The quantitative estimate of drug-likeness (QED) is 0.0773. The van der Waals surface area contributed by atoms with Crippen molar-refractivity contribution in [2.45, 2.75) is 118 Å². The van der Waals surface area contributed by atoms with Gasteiger partial charge in [-0.1, -0.05) is 103 Å². The van der Waals surface area contributed by atoms with Crippen LogP contribution in [0.5, 0.6) is 11.5 Å². The fourth-order valence-electron chi connectivity index (χ4n) is 5.37. The second-order valence-electron chi connectivity index (χ2n) is 12.2. The number of carbonyl (C=O) groups excluding carboxylic acids is 4. The largest absolute Gasteiger partial charge is 0.507 e. The highest BCUT2D eigenvalue weighted by Crippen LogP contribution is 2.24. The Kier molecular flexibility index (Phi) is 17.3. The van der Waals surface area contributed by atoms with Gasteiger partial charge in [-0.15, -0.1) is 0 Å². The van der Waals surface area contributed by atoms with Crippen LogP contribution in [0.1, 0.15) is 137 Å². The number of carbonyl (C=O) groups is 4. The number of unbranched alkanes of at least 4 members (excludes halogenated alkanes) is 7. The first-order valence-electron chi connectivity index (χ1n) is 16.9. The lowest BCUT2D eigenvalue weighted by Gasteiger charge is -2.16. The first-order valence-corrected chi connectivity index (χ1v) is 16.9. The predicted octanol–water partition coefficient (Wildman–Crippen LogP) is 6.40. The molecule has 0 radical (unpaired) electrons. The Morgan fingerprint density at radius 3 is 1.33 bits per heavy atom. The van der Waals surface area contributed by atoms with Crippen LogP contribution in [0.15, 0.2) is 36.4 Å². The second kappa shape index (κ2) is 20.9. The fraction of sp³-hybridized carbons (Fsp3) is 0.556. The topological polar surface area (TPSA) is 157 Å². The summed E-state index contributed by atoms with van der Waals surface area (Å²) in [5.74, 6) is -2.48. The van der Waals surface area contributed by atoms with Crippen molar-refractivity contribution < 1.29 is 29.4 Å². The Morgan fingerprint density at radius 2 is 0.957 bits per heavy atom. The van der Waals surface area contributed by atoms with E-state index in [4.69, 9.17) is 0 Å². The maximum Gasteiger partial charge on any atom is 0.273 e. The maximum atomic E-state index is 12.7. The minimum Gasteiger partial charge on any atom is -0.507 e. The van der Waals surface area contributed by atoms with Crippen LogP contribution in [0, 0.1) is 11.8 Å². The molecule has 0 spiro atoms. The summed E-state index contributed by atoms with van der Waals surface area (Å²) >= 11 is 0. The average molecular weight is 639 g/mol. The fourth-order valence-corrected chi connectivity index (χ4v) is 5.37. The Bertz CT molecular complexity index is 1180. The summed E-state index contributed by atoms with van der Waals surface area (Å²) in [7, 11) is 0. The molecule has 4 amide bonds. The lowest BCUT2D eigenvalue weighted by molar-refractivity contribution is -0.126. The molecule has 0 bridgehead atoms. The van der Waals surface area contributed by atoms with Crippen molar-refractivity contribution in [1.82, 2.24) is 21.7 Å². The van der Waals surface area contributed by atoms with Crippen LogP contribution in [-0.4, -0.2) is 33.8 Å². The minimum atomic E-state index is -0.534. The Morgan fingerprint density at radius 1 is 0.565 bits per heavy atom. The third-order valence-electron chi connectivity index (χ3n) is 8.33. The molecule has 0 aliphatic rings. The molecule has 2 rings (SSSR count). The van der Waals surface area contributed by atoms with E-state index in [1.165, 1.54) is 12.1 Å². The van der Waals surface area contributed by atoms with Crippen LogP contribution in [0.2, 0.25) is 0 Å². The molecule has 2 aromatic carbocycles. The summed E-state index contributed by atoms with van der Waals surface area (Å²) in [6.07, 6.45) is 12.1. The van der Waals surface area contributed by atoms with Gasteiger partial charge < -0.3 is 10.2 Å². The SMILES string of the molecule is CCCCCc1cccc(O)c1C(=O)NNC(=O)C(C)CCCCCCC(C)C(=O)NNC(=O)c1c(O)cccc1CCCCC. The van der Waals surface area contributed by atoms with Gasteiger partial charge >= 0.3 is 0 Å². The molecule has 0 heterocycles. The third kappa shape index (κ3) is 12.7. The Labute approximate surface area is 274 Å². The smallest absolute Gasteiger partial charge is 0.273 e. The number of hydrogen-bond acceptors (Lipinski definition) is 6. The van der Waals surface area contributed by atoms with Crippen molar-refractivity contribution in [3.8, 4) is 11.5 Å². The number of nitrogens with one attached hydrogen (secondary N) is 4. The van der Waals surface area contributed by atoms with Crippen LogP contribution in [0.3, 0.4) is 0 Å². The molecule has 6 N–H and O–H groups in total. The van der Waals surface area contributed by atoms with Gasteiger partial charge in [0.15, 0.2) is 0 Å². The molecule has 10 nitrogen and oxygen atoms in total. The van der Waals surface area contributed by atoms with E-state index in [0.717, 1.165) is 75.3 Å². The summed E-state index contributed by atoms with van der Waals surface area (Å²) in [5, 5.41) is 20.5. The van der Waals surface area contributed by atoms with Gasteiger partial charge in [-0.3, -0.25) is 40.9 Å². The number of amides is 4. The minimum absolute atomic E-state index is 0.107. The zero-order valence-corrected chi connectivity index (χ0v) is 28.0. The summed E-state index contributed by atoms with van der Waals surface area (Å²) in [4.78, 5) is 50.6. The Balaban J connectivity index is 1.67. The number of rotatable bonds is 19. The monoisotopic (exact) mass is 638 g/mol. The summed E-state index contributed by atoms with van der Waals surface area (Å²) in [5.41, 5.74) is 11.8. The highest BCUT2D eigenvalue weighted by Gasteiger charge is 2.20. The molecule has 0 aliphatic carbocycles. The molecule has 0 aromatic heterocycles. The molecule has 0 saturated heterocycles. The molecular formula is C36H54N4O6. The van der Waals surface area contributed by atoms with E-state index < -0.39 is 11.8 Å². The van der Waals surface area contributed by atoms with Crippen molar-refractivity contribution in [3.05, 3.63) is 58.7 Å². The van der Waals surface area contributed by atoms with Gasteiger partial charge in [-0.25, -0.2) is 0 Å². The highest BCUT2D eigenvalue weighted by atomic mass is 16.3. The summed E-state index contributed by atoms with van der Waals surface area (Å²) in [6.45, 7) is 7.82. The number of aryl methyl sites for hydroxylation is 2. The van der Waals surface area contributed by atoms with Gasteiger partial charge in [0.1, 0.15) is 11.5 Å². The molecule has 0 saturated carbocycles. The third-order valence-corrected chi connectivity index (χ3v) is 8.33. The lowest BCUT2D eigenvalue weighted by Crippen LogP contribution is -2.44. The number of phenols is 2. The molecule has 46 heavy (non-hydrogen) atoms. The van der Waals surface area contributed by atoms with Gasteiger partial charge in [0, 0.05) is 11.8 Å². The van der Waals surface area contributed by atoms with Gasteiger partial charge in [0.05, 0.1) is 11.1 Å². The van der Waals surface area contributed by atoms with Gasteiger partial charge in [0.2, 0.25) is 11.8 Å². The summed E-state index contributed by atoms with van der Waals surface area (Å²) in [6, 6.07) is 10.0. The molecule has 2 aromatic rings. The number of hydrogen-bond donors (Lipinski definition) is 6. The van der Waals surface area contributed by atoms with E-state index in [1.54, 1.807) is 12.1 Å². The molecule has 254 valence electrons. The number of phenolic OH excluding ortho intramolecular Hbond substituents is 2. The van der Waals surface area contributed by atoms with Gasteiger partial charge in [-0.2, -0.15) is 0 Å². The first-order chi connectivity index (χ1) is 22.1. The van der Waals surface area contributed by atoms with Crippen molar-refractivity contribution in [2.75, 3.05) is 0 Å². The Hall–Kier alpha value is -4.08. The molecule has 10 heteroatoms. The second-order valence-corrected chi connectivity index (χ2v) is 12.2. The molecule has 2 atom stereocenters. The zero-order chi connectivity index (χ0) is 33.9. The van der Waals surface area contributed by atoms with Crippen LogP contribution >= 0.6 is 0 Å². The van der Waals surface area contributed by atoms with E-state index in [9.17, 15) is 29.4 Å². The van der Waals surface area contributed by atoms with E-state index in [1.807, 2.05) is 26.0 Å². The van der Waals surface area contributed by atoms with Crippen LogP contribution < -0.4 is 21.7 Å². The van der Waals surface area contributed by atoms with Crippen LogP contribution in [-0.2, 0) is 22.4 Å². The van der Waals surface area contributed by atoms with E-state index >= 15 is 0 Å². The van der Waals surface area contributed by atoms with Crippen molar-refractivity contribution in [3.63, 3.8) is 0 Å². The normalized spacial score (nSPS) is 12.2. The predicted molar refractivity (Wildman–Crippen MR) is 180 cm³/mol. The maximum absolute atomic E-state index is 12.7. The summed E-state index contributed by atoms with van der Waals surface area (Å²) < 4.78 is 0. The van der Waals surface area contributed by atoms with E-state index in [2.05, 4.69) is 35.6 Å². The molecule has 0 fully saturated rings. The lowest BCUT2D eigenvalue weighted by atomic mass is 9.99. The van der Waals surface area contributed by atoms with Crippen molar-refractivity contribution in [1.29, 1.82) is 0 Å². The molecular weight excluding hydrogens is 584 g/mol. The average Bonchev–Trinajstić information content (AvgIpc) is 3.03. The highest BCUT2D eigenvalue weighted by molar-refractivity contribution is 6.00. The zero-order valence-electron chi connectivity index (χ0n) is 28.0. The molecule has 2 unspecified atom stereocenters. The number of benzene rings is 2. The van der Waals surface area contributed by atoms with E-state index in [-0.39, 0.29) is 46.3 Å². The number of aromatic hydroxyl groups is 2. The van der Waals surface area contributed by atoms with Crippen LogP contribution in [0.4, 0.5) is 0 Å². The van der Waals surface area contributed by atoms with Crippen molar-refractivity contribution >= 4 is 23.6 Å². The number of hydrazine groups is 2. The van der Waals surface area contributed by atoms with Gasteiger partial charge in [0.25, 0.3) is 11.8 Å². The van der Waals surface area contributed by atoms with Crippen LogP contribution in [0.25, 0.3) is 0 Å². The van der Waals surface area contributed by atoms with E-state index in [0.29, 0.717) is 25.7 Å². The van der Waals surface area contributed by atoms with Crippen molar-refractivity contribution in [2.24, 2.45) is 11.8 Å². The molecule has 0 aliphatic heterocycles. The standard InChI is InChI=1S/C36H54N4O6/c1-5-7-11-19-27-21-15-23-29(41)31(27)35(45)39-37-33(43)25(3)17-13-9-10-14-18-26(4)34(44)38-40-36(46)32-28(20-12-8-6-2)22-16-24-30(32)42/h15-16,21-26,41-42H,5-14,17-20H2,1-4H3,(H,37,43)(H,38,44)(H,39,45)(H,40,46). The first kappa shape index (κ1) is 38.1.